The van der Waals surface area contributed by atoms with Gasteiger partial charge in [0.1, 0.15) is 0 Å². The highest BCUT2D eigenvalue weighted by atomic mass is 16.1. The van der Waals surface area contributed by atoms with Gasteiger partial charge in [0.2, 0.25) is 5.91 Å². The average molecular weight is 386 g/mol. The topological polar surface area (TPSA) is 46.9 Å². The predicted molar refractivity (Wildman–Crippen MR) is 116 cm³/mol. The molecule has 1 atom stereocenters. The van der Waals surface area contributed by atoms with Crippen LogP contribution >= 0.6 is 0 Å². The standard InChI is InChI=1S/C25H27N3O/c1-19(21-12-6-3-7-13-21)26-25(29)17-16-23-22-14-8-9-15-24(22)28(27-23)18-20-10-4-2-5-11-20/h2-7,10-13,16-17,19H,8-9,14-15,18H2,1H3,(H,26,29)/t19-/m1/s1. The lowest BCUT2D eigenvalue weighted by Crippen LogP contribution is -2.24. The molecule has 1 aromatic heterocycles. The molecule has 0 aliphatic heterocycles. The van der Waals surface area contributed by atoms with Crippen molar-refractivity contribution in [1.82, 2.24) is 15.1 Å². The van der Waals surface area contributed by atoms with Crippen LogP contribution in [0.3, 0.4) is 0 Å². The Morgan fingerprint density at radius 2 is 1.76 bits per heavy atom. The van der Waals surface area contributed by atoms with Crippen LogP contribution in [0.2, 0.25) is 0 Å². The van der Waals surface area contributed by atoms with E-state index in [1.165, 1.54) is 29.7 Å². The number of nitrogens with zero attached hydrogens (tertiary/aromatic N) is 2. The Kier molecular flexibility index (Phi) is 5.89. The van der Waals surface area contributed by atoms with Gasteiger partial charge in [-0.2, -0.15) is 5.10 Å². The van der Waals surface area contributed by atoms with Gasteiger partial charge >= 0.3 is 0 Å². The second kappa shape index (κ2) is 8.91. The normalized spacial score (nSPS) is 14.5. The van der Waals surface area contributed by atoms with Gasteiger partial charge < -0.3 is 5.32 Å². The summed E-state index contributed by atoms with van der Waals surface area (Å²) in [7, 11) is 0. The molecular formula is C25H27N3O. The molecule has 4 nitrogen and oxygen atoms in total. The van der Waals surface area contributed by atoms with Gasteiger partial charge in [0.05, 0.1) is 18.3 Å². The summed E-state index contributed by atoms with van der Waals surface area (Å²) in [6.07, 6.45) is 7.96. The summed E-state index contributed by atoms with van der Waals surface area (Å²) in [4.78, 5) is 12.4. The molecule has 1 aliphatic carbocycles. The highest BCUT2D eigenvalue weighted by Gasteiger charge is 2.19. The van der Waals surface area contributed by atoms with Gasteiger partial charge in [-0.15, -0.1) is 0 Å². The lowest BCUT2D eigenvalue weighted by Gasteiger charge is -2.14. The molecule has 1 N–H and O–H groups in total. The molecule has 0 saturated carbocycles. The van der Waals surface area contributed by atoms with E-state index >= 15 is 0 Å². The summed E-state index contributed by atoms with van der Waals surface area (Å²) in [6, 6.07) is 20.4. The predicted octanol–water partition coefficient (Wildman–Crippen LogP) is 4.70. The molecule has 4 heteroatoms. The maximum absolute atomic E-state index is 12.4. The zero-order valence-electron chi connectivity index (χ0n) is 16.8. The quantitative estimate of drug-likeness (QED) is 0.625. The number of hydrogen-bond acceptors (Lipinski definition) is 2. The Bertz CT molecular complexity index is 990. The third-order valence-electron chi connectivity index (χ3n) is 5.51. The molecule has 2 aromatic carbocycles. The van der Waals surface area contributed by atoms with Crippen molar-refractivity contribution >= 4 is 12.0 Å². The van der Waals surface area contributed by atoms with Crippen LogP contribution in [0.15, 0.2) is 66.7 Å². The lowest BCUT2D eigenvalue weighted by molar-refractivity contribution is -0.117. The maximum atomic E-state index is 12.4. The first-order valence-corrected chi connectivity index (χ1v) is 10.4. The highest BCUT2D eigenvalue weighted by Crippen LogP contribution is 2.26. The molecule has 3 aromatic rings. The fourth-order valence-electron chi connectivity index (χ4n) is 3.96. The Labute approximate surface area is 172 Å². The molecular weight excluding hydrogens is 358 g/mol. The first-order valence-electron chi connectivity index (χ1n) is 10.4. The van der Waals surface area contributed by atoms with Crippen molar-refractivity contribution in [1.29, 1.82) is 0 Å². The summed E-state index contributed by atoms with van der Waals surface area (Å²) < 4.78 is 2.12. The molecule has 0 radical (unpaired) electrons. The van der Waals surface area contributed by atoms with E-state index in [1.807, 2.05) is 49.4 Å². The third kappa shape index (κ3) is 4.65. The summed E-state index contributed by atoms with van der Waals surface area (Å²) in [5, 5.41) is 7.88. The number of benzene rings is 2. The van der Waals surface area contributed by atoms with E-state index in [9.17, 15) is 4.79 Å². The molecule has 1 aliphatic rings. The monoisotopic (exact) mass is 385 g/mol. The van der Waals surface area contributed by atoms with Crippen LogP contribution in [0.5, 0.6) is 0 Å². The molecule has 0 unspecified atom stereocenters. The number of nitrogens with one attached hydrogen (secondary N) is 1. The van der Waals surface area contributed by atoms with E-state index in [0.717, 1.165) is 30.6 Å². The summed E-state index contributed by atoms with van der Waals surface area (Å²) in [5.41, 5.74) is 5.88. The summed E-state index contributed by atoms with van der Waals surface area (Å²) >= 11 is 0. The molecule has 148 valence electrons. The molecule has 0 fully saturated rings. The zero-order valence-corrected chi connectivity index (χ0v) is 16.8. The van der Waals surface area contributed by atoms with E-state index in [1.54, 1.807) is 6.08 Å². The minimum Gasteiger partial charge on any atom is -0.346 e. The van der Waals surface area contributed by atoms with Gasteiger partial charge in [-0.05, 0) is 49.8 Å². The van der Waals surface area contributed by atoms with Crippen molar-refractivity contribution in [3.05, 3.63) is 94.8 Å². The van der Waals surface area contributed by atoms with Gasteiger partial charge in [0.25, 0.3) is 0 Å². The molecule has 1 heterocycles. The van der Waals surface area contributed by atoms with Gasteiger partial charge in [-0.1, -0.05) is 60.7 Å². The van der Waals surface area contributed by atoms with Crippen LogP contribution in [0.25, 0.3) is 6.08 Å². The number of hydrogen-bond donors (Lipinski definition) is 1. The Hall–Kier alpha value is -3.14. The second-order valence-electron chi connectivity index (χ2n) is 7.64. The average Bonchev–Trinajstić information content (AvgIpc) is 3.11. The molecule has 4 rings (SSSR count). The number of fused-ring (bicyclic) bond motifs is 1. The van der Waals surface area contributed by atoms with Gasteiger partial charge in [-0.3, -0.25) is 9.48 Å². The van der Waals surface area contributed by atoms with Crippen molar-refractivity contribution in [2.24, 2.45) is 0 Å². The number of carbonyl (C=O) groups excluding carboxylic acids is 1. The van der Waals surface area contributed by atoms with Crippen molar-refractivity contribution in [3.63, 3.8) is 0 Å². The van der Waals surface area contributed by atoms with Gasteiger partial charge in [0, 0.05) is 17.3 Å². The van der Waals surface area contributed by atoms with E-state index in [0.29, 0.717) is 0 Å². The minimum atomic E-state index is -0.0940. The van der Waals surface area contributed by atoms with Crippen LogP contribution in [0, 0.1) is 0 Å². The summed E-state index contributed by atoms with van der Waals surface area (Å²) in [5.74, 6) is -0.0940. The molecule has 29 heavy (non-hydrogen) atoms. The van der Waals surface area contributed by atoms with Crippen molar-refractivity contribution in [3.8, 4) is 0 Å². The molecule has 1 amide bonds. The van der Waals surface area contributed by atoms with Gasteiger partial charge in [-0.25, -0.2) is 0 Å². The number of amides is 1. The maximum Gasteiger partial charge on any atom is 0.244 e. The van der Waals surface area contributed by atoms with Crippen LogP contribution in [0.4, 0.5) is 0 Å². The van der Waals surface area contributed by atoms with Crippen LogP contribution < -0.4 is 5.32 Å². The Balaban J connectivity index is 1.50. The third-order valence-corrected chi connectivity index (χ3v) is 5.51. The zero-order chi connectivity index (χ0) is 20.1. The van der Waals surface area contributed by atoms with E-state index in [2.05, 4.69) is 34.3 Å². The van der Waals surface area contributed by atoms with E-state index < -0.39 is 0 Å². The Morgan fingerprint density at radius 1 is 1.07 bits per heavy atom. The number of rotatable bonds is 6. The fourth-order valence-corrected chi connectivity index (χ4v) is 3.96. The van der Waals surface area contributed by atoms with Gasteiger partial charge in [0.15, 0.2) is 0 Å². The molecule has 0 bridgehead atoms. The van der Waals surface area contributed by atoms with Crippen molar-refractivity contribution < 1.29 is 4.79 Å². The van der Waals surface area contributed by atoms with Crippen LogP contribution in [-0.4, -0.2) is 15.7 Å². The van der Waals surface area contributed by atoms with E-state index in [4.69, 9.17) is 5.10 Å². The van der Waals surface area contributed by atoms with Crippen molar-refractivity contribution in [2.45, 2.75) is 45.2 Å². The smallest absolute Gasteiger partial charge is 0.244 e. The summed E-state index contributed by atoms with van der Waals surface area (Å²) in [6.45, 7) is 2.77. The molecule has 0 spiro atoms. The second-order valence-corrected chi connectivity index (χ2v) is 7.64. The molecule has 0 saturated heterocycles. The van der Waals surface area contributed by atoms with Crippen LogP contribution in [0.1, 0.15) is 53.9 Å². The van der Waals surface area contributed by atoms with Crippen LogP contribution in [-0.2, 0) is 24.2 Å². The lowest BCUT2D eigenvalue weighted by atomic mass is 9.95. The number of aromatic nitrogens is 2. The first kappa shape index (κ1) is 19.2. The SMILES string of the molecule is C[C@@H](NC(=O)C=Cc1nn(Cc2ccccc2)c2c1CCCC2)c1ccccc1. The first-order chi connectivity index (χ1) is 14.2. The Morgan fingerprint density at radius 3 is 2.52 bits per heavy atom. The fraction of sp³-hybridized carbons (Fsp3) is 0.280. The highest BCUT2D eigenvalue weighted by molar-refractivity contribution is 5.91. The number of carbonyl (C=O) groups is 1. The minimum absolute atomic E-state index is 0.0297. The van der Waals surface area contributed by atoms with Crippen molar-refractivity contribution in [2.75, 3.05) is 0 Å². The largest absolute Gasteiger partial charge is 0.346 e. The van der Waals surface area contributed by atoms with E-state index in [-0.39, 0.29) is 11.9 Å².